The molecule has 0 aliphatic carbocycles. The Hall–Kier alpha value is -1.67. The third-order valence-electron chi connectivity index (χ3n) is 2.84. The number of rotatable bonds is 5. The molecule has 2 atom stereocenters. The van der Waals surface area contributed by atoms with Gasteiger partial charge in [0.15, 0.2) is 0 Å². The van der Waals surface area contributed by atoms with Crippen LogP contribution >= 0.6 is 0 Å². The minimum absolute atomic E-state index is 0.293. The summed E-state index contributed by atoms with van der Waals surface area (Å²) in [4.78, 5) is 0.905. The van der Waals surface area contributed by atoms with Crippen molar-refractivity contribution in [3.8, 4) is 0 Å². The molecule has 0 aliphatic rings. The van der Waals surface area contributed by atoms with Gasteiger partial charge < -0.3 is 0 Å². The van der Waals surface area contributed by atoms with Crippen LogP contribution in [0.3, 0.4) is 0 Å². The van der Waals surface area contributed by atoms with Crippen molar-refractivity contribution in [3.63, 3.8) is 0 Å². The second-order valence-electron chi connectivity index (χ2n) is 4.57. The van der Waals surface area contributed by atoms with Crippen LogP contribution < -0.4 is 0 Å². The summed E-state index contributed by atoms with van der Waals surface area (Å²) in [5.41, 5.74) is 1.18. The van der Waals surface area contributed by atoms with E-state index in [2.05, 4.69) is 31.2 Å². The van der Waals surface area contributed by atoms with Gasteiger partial charge in [-0.25, -0.2) is 0 Å². The van der Waals surface area contributed by atoms with E-state index in [0.717, 1.165) is 4.90 Å². The summed E-state index contributed by atoms with van der Waals surface area (Å²) in [7, 11) is -0.923. The van der Waals surface area contributed by atoms with E-state index >= 15 is 0 Å². The highest BCUT2D eigenvalue weighted by Crippen LogP contribution is 2.12. The lowest BCUT2D eigenvalue weighted by molar-refractivity contribution is 0.675. The summed E-state index contributed by atoms with van der Waals surface area (Å²) in [6, 6.07) is 19.8. The molecule has 0 N–H and O–H groups in total. The fraction of sp³-hybridized carbons (Fsp3) is 0.176. The standard InChI is InChI=1S/C17H18OS/c1-15(12-13-16-8-4-2-5-9-16)14-19(18)17-10-6-3-7-11-17/h2-13,15H,14H2,1H3/b13-12+/t15-,19?/m0/s1. The molecule has 2 aromatic rings. The van der Waals surface area contributed by atoms with Gasteiger partial charge in [-0.1, -0.05) is 67.6 Å². The zero-order valence-electron chi connectivity index (χ0n) is 11.0. The Morgan fingerprint density at radius 2 is 1.58 bits per heavy atom. The SMILES string of the molecule is C[C@@H](/C=C/c1ccccc1)CS(=O)c1ccccc1. The third kappa shape index (κ3) is 4.49. The van der Waals surface area contributed by atoms with Crippen LogP contribution in [0.15, 0.2) is 71.6 Å². The van der Waals surface area contributed by atoms with Gasteiger partial charge in [0.05, 0.1) is 10.8 Å². The maximum absolute atomic E-state index is 12.1. The van der Waals surface area contributed by atoms with Gasteiger partial charge >= 0.3 is 0 Å². The van der Waals surface area contributed by atoms with E-state index in [-0.39, 0.29) is 0 Å². The first-order chi connectivity index (χ1) is 9.25. The normalized spacial score (nSPS) is 14.4. The molecule has 0 bridgehead atoms. The third-order valence-corrected chi connectivity index (χ3v) is 4.46. The van der Waals surface area contributed by atoms with Crippen LogP contribution in [0, 0.1) is 5.92 Å². The van der Waals surface area contributed by atoms with Gasteiger partial charge in [-0.3, -0.25) is 4.21 Å². The summed E-state index contributed by atoms with van der Waals surface area (Å²) in [6.45, 7) is 2.10. The summed E-state index contributed by atoms with van der Waals surface area (Å²) in [6.07, 6.45) is 4.21. The van der Waals surface area contributed by atoms with E-state index in [1.54, 1.807) is 0 Å². The van der Waals surface area contributed by atoms with Crippen molar-refractivity contribution in [2.45, 2.75) is 11.8 Å². The number of hydrogen-bond acceptors (Lipinski definition) is 1. The Labute approximate surface area is 117 Å². The molecule has 0 radical (unpaired) electrons. The Morgan fingerprint density at radius 3 is 2.21 bits per heavy atom. The molecule has 2 heteroatoms. The largest absolute Gasteiger partial charge is 0.254 e. The zero-order chi connectivity index (χ0) is 13.5. The monoisotopic (exact) mass is 270 g/mol. The quantitative estimate of drug-likeness (QED) is 0.798. The molecular weight excluding hydrogens is 252 g/mol. The van der Waals surface area contributed by atoms with Gasteiger partial charge in [0.1, 0.15) is 0 Å². The molecule has 1 nitrogen and oxygen atoms in total. The summed E-state index contributed by atoms with van der Waals surface area (Å²) >= 11 is 0. The van der Waals surface area contributed by atoms with Crippen molar-refractivity contribution in [1.29, 1.82) is 0 Å². The highest BCUT2D eigenvalue weighted by Gasteiger charge is 2.06. The van der Waals surface area contributed by atoms with E-state index in [4.69, 9.17) is 0 Å². The molecule has 0 saturated carbocycles. The Bertz CT molecular complexity index is 546. The molecule has 0 fully saturated rings. The fourth-order valence-corrected chi connectivity index (χ4v) is 3.04. The van der Waals surface area contributed by atoms with Gasteiger partial charge in [-0.15, -0.1) is 0 Å². The van der Waals surface area contributed by atoms with E-state index in [9.17, 15) is 4.21 Å². The molecular formula is C17H18OS. The van der Waals surface area contributed by atoms with Crippen molar-refractivity contribution in [3.05, 3.63) is 72.3 Å². The fourth-order valence-electron chi connectivity index (χ4n) is 1.80. The van der Waals surface area contributed by atoms with Gasteiger partial charge in [0, 0.05) is 10.6 Å². The minimum Gasteiger partial charge on any atom is -0.254 e. The number of benzene rings is 2. The zero-order valence-corrected chi connectivity index (χ0v) is 11.8. The topological polar surface area (TPSA) is 17.1 Å². The number of allylic oxidation sites excluding steroid dienone is 1. The maximum Gasteiger partial charge on any atom is 0.0535 e. The van der Waals surface area contributed by atoms with Crippen LogP contribution in [-0.2, 0) is 10.8 Å². The van der Waals surface area contributed by atoms with Crippen LogP contribution in [0.4, 0.5) is 0 Å². The van der Waals surface area contributed by atoms with Crippen molar-refractivity contribution >= 4 is 16.9 Å². The van der Waals surface area contributed by atoms with Crippen LogP contribution in [0.25, 0.3) is 6.08 Å². The highest BCUT2D eigenvalue weighted by molar-refractivity contribution is 7.85. The van der Waals surface area contributed by atoms with E-state index in [1.807, 2.05) is 48.5 Å². The summed E-state index contributed by atoms with van der Waals surface area (Å²) in [5.74, 6) is 0.953. The maximum atomic E-state index is 12.1. The summed E-state index contributed by atoms with van der Waals surface area (Å²) in [5, 5.41) is 0. The molecule has 0 amide bonds. The van der Waals surface area contributed by atoms with Crippen LogP contribution in [0.5, 0.6) is 0 Å². The van der Waals surface area contributed by atoms with E-state index in [1.165, 1.54) is 5.56 Å². The van der Waals surface area contributed by atoms with E-state index in [0.29, 0.717) is 11.7 Å². The first kappa shape index (κ1) is 13.8. The minimum atomic E-state index is -0.923. The lowest BCUT2D eigenvalue weighted by Crippen LogP contribution is -2.05. The van der Waals surface area contributed by atoms with E-state index < -0.39 is 10.8 Å². The molecule has 2 aromatic carbocycles. The highest BCUT2D eigenvalue weighted by atomic mass is 32.2. The lowest BCUT2D eigenvalue weighted by Gasteiger charge is -2.06. The molecule has 1 unspecified atom stereocenters. The number of hydrogen-bond donors (Lipinski definition) is 0. The second kappa shape index (κ2) is 7.05. The Kier molecular flexibility index (Phi) is 5.10. The molecule has 0 aromatic heterocycles. The Morgan fingerprint density at radius 1 is 1.00 bits per heavy atom. The van der Waals surface area contributed by atoms with Gasteiger partial charge in [-0.05, 0) is 23.6 Å². The average molecular weight is 270 g/mol. The average Bonchev–Trinajstić information content (AvgIpc) is 2.47. The molecule has 2 rings (SSSR count). The van der Waals surface area contributed by atoms with Crippen LogP contribution in [0.1, 0.15) is 12.5 Å². The van der Waals surface area contributed by atoms with Crippen LogP contribution in [-0.4, -0.2) is 9.96 Å². The molecule has 0 heterocycles. The summed E-state index contributed by atoms with van der Waals surface area (Å²) < 4.78 is 12.1. The first-order valence-corrected chi connectivity index (χ1v) is 7.74. The van der Waals surface area contributed by atoms with Crippen molar-refractivity contribution in [2.24, 2.45) is 5.92 Å². The lowest BCUT2D eigenvalue weighted by atomic mass is 10.1. The predicted octanol–water partition coefficient (Wildman–Crippen LogP) is 4.14. The Balaban J connectivity index is 1.93. The van der Waals surface area contributed by atoms with Gasteiger partial charge in [0.2, 0.25) is 0 Å². The second-order valence-corrected chi connectivity index (χ2v) is 6.07. The first-order valence-electron chi connectivity index (χ1n) is 6.42. The smallest absolute Gasteiger partial charge is 0.0535 e. The molecule has 19 heavy (non-hydrogen) atoms. The molecule has 0 spiro atoms. The predicted molar refractivity (Wildman–Crippen MR) is 82.4 cm³/mol. The van der Waals surface area contributed by atoms with Crippen molar-refractivity contribution in [2.75, 3.05) is 5.75 Å². The molecule has 0 saturated heterocycles. The van der Waals surface area contributed by atoms with Gasteiger partial charge in [-0.2, -0.15) is 0 Å². The van der Waals surface area contributed by atoms with Gasteiger partial charge in [0.25, 0.3) is 0 Å². The van der Waals surface area contributed by atoms with Crippen molar-refractivity contribution in [1.82, 2.24) is 0 Å². The van der Waals surface area contributed by atoms with Crippen molar-refractivity contribution < 1.29 is 4.21 Å². The molecule has 0 aliphatic heterocycles. The molecule has 98 valence electrons. The van der Waals surface area contributed by atoms with Crippen LogP contribution in [0.2, 0.25) is 0 Å².